The molecule has 1 fully saturated rings. The van der Waals surface area contributed by atoms with E-state index in [1.807, 2.05) is 54.6 Å². The summed E-state index contributed by atoms with van der Waals surface area (Å²) >= 11 is 8.09. The van der Waals surface area contributed by atoms with Gasteiger partial charge in [0.05, 0.1) is 11.7 Å². The lowest BCUT2D eigenvalue weighted by Gasteiger charge is -2.22. The molecule has 5 nitrogen and oxygen atoms in total. The molecular formula is C30H31ClN4OS. The van der Waals surface area contributed by atoms with Gasteiger partial charge in [-0.05, 0) is 55.0 Å². The van der Waals surface area contributed by atoms with Crippen molar-refractivity contribution in [3.63, 3.8) is 0 Å². The normalized spacial score (nSPS) is 14.5. The van der Waals surface area contributed by atoms with Gasteiger partial charge in [0, 0.05) is 16.7 Å². The Morgan fingerprint density at radius 1 is 1.00 bits per heavy atom. The molecule has 1 atom stereocenters. The average molecular weight is 531 g/mol. The maximum Gasteiger partial charge on any atom is 0.223 e. The summed E-state index contributed by atoms with van der Waals surface area (Å²) in [7, 11) is 0. The Labute approximate surface area is 227 Å². The van der Waals surface area contributed by atoms with Crippen molar-refractivity contribution in [3.05, 3.63) is 106 Å². The minimum absolute atomic E-state index is 0.0643. The number of amides is 1. The Hall–Kier alpha value is -3.09. The zero-order chi connectivity index (χ0) is 25.6. The Morgan fingerprint density at radius 3 is 2.38 bits per heavy atom. The van der Waals surface area contributed by atoms with Gasteiger partial charge in [0.15, 0.2) is 11.0 Å². The summed E-state index contributed by atoms with van der Waals surface area (Å²) in [5, 5.41) is 14.1. The number of hydrogen-bond acceptors (Lipinski definition) is 4. The van der Waals surface area contributed by atoms with Crippen molar-refractivity contribution in [1.29, 1.82) is 0 Å². The highest BCUT2D eigenvalue weighted by atomic mass is 35.5. The Morgan fingerprint density at radius 2 is 1.68 bits per heavy atom. The molecule has 1 unspecified atom stereocenters. The van der Waals surface area contributed by atoms with Crippen LogP contribution in [0.1, 0.15) is 54.2 Å². The van der Waals surface area contributed by atoms with Crippen molar-refractivity contribution in [1.82, 2.24) is 20.1 Å². The fourth-order valence-electron chi connectivity index (χ4n) is 4.91. The van der Waals surface area contributed by atoms with Crippen molar-refractivity contribution in [2.45, 2.75) is 56.0 Å². The third-order valence-electron chi connectivity index (χ3n) is 6.92. The standard InChI is InChI=1S/C30H31ClN4OS/c1-21-16-17-25(31)19-27(21)35-28(33-34-30(35)37-20-23-12-6-3-7-13-23)26(18-22-10-4-2-5-11-22)32-29(36)24-14-8-9-15-24/h2-7,10-13,16-17,19,24,26H,8-9,14-15,18,20H2,1H3,(H,32,36). The highest BCUT2D eigenvalue weighted by Crippen LogP contribution is 2.32. The Balaban J connectivity index is 1.55. The molecule has 37 heavy (non-hydrogen) atoms. The molecule has 1 heterocycles. The molecule has 0 radical (unpaired) electrons. The molecule has 7 heteroatoms. The summed E-state index contributed by atoms with van der Waals surface area (Å²) in [6.45, 7) is 2.06. The fraction of sp³-hybridized carbons (Fsp3) is 0.300. The zero-order valence-corrected chi connectivity index (χ0v) is 22.5. The minimum Gasteiger partial charge on any atom is -0.345 e. The van der Waals surface area contributed by atoms with Crippen LogP contribution in [0.2, 0.25) is 5.02 Å². The molecule has 0 bridgehead atoms. The molecule has 1 aromatic heterocycles. The number of aromatic nitrogens is 3. The van der Waals surface area contributed by atoms with E-state index in [1.54, 1.807) is 11.8 Å². The quantitative estimate of drug-likeness (QED) is 0.234. The van der Waals surface area contributed by atoms with Crippen molar-refractivity contribution in [2.24, 2.45) is 5.92 Å². The first-order valence-electron chi connectivity index (χ1n) is 12.8. The van der Waals surface area contributed by atoms with Crippen LogP contribution in [-0.4, -0.2) is 20.7 Å². The molecule has 0 spiro atoms. The number of carbonyl (C=O) groups is 1. The highest BCUT2D eigenvalue weighted by molar-refractivity contribution is 7.98. The van der Waals surface area contributed by atoms with Crippen LogP contribution in [0, 0.1) is 12.8 Å². The predicted molar refractivity (Wildman–Crippen MR) is 150 cm³/mol. The largest absolute Gasteiger partial charge is 0.345 e. The lowest BCUT2D eigenvalue weighted by atomic mass is 10.0. The van der Waals surface area contributed by atoms with E-state index < -0.39 is 0 Å². The Bertz CT molecular complexity index is 1340. The van der Waals surface area contributed by atoms with Gasteiger partial charge < -0.3 is 5.32 Å². The number of nitrogens with zero attached hydrogens (tertiary/aromatic N) is 3. The first-order chi connectivity index (χ1) is 18.1. The monoisotopic (exact) mass is 530 g/mol. The fourth-order valence-corrected chi connectivity index (χ4v) is 5.98. The summed E-state index contributed by atoms with van der Waals surface area (Å²) in [5.74, 6) is 1.65. The van der Waals surface area contributed by atoms with Crippen LogP contribution < -0.4 is 5.32 Å². The second kappa shape index (κ2) is 12.0. The molecule has 1 aliphatic carbocycles. The molecule has 1 aliphatic rings. The van der Waals surface area contributed by atoms with Crippen LogP contribution in [0.3, 0.4) is 0 Å². The number of hydrogen-bond donors (Lipinski definition) is 1. The minimum atomic E-state index is -0.326. The number of aryl methyl sites for hydroxylation is 1. The maximum absolute atomic E-state index is 13.3. The summed E-state index contributed by atoms with van der Waals surface area (Å²) in [4.78, 5) is 13.3. The number of carbonyl (C=O) groups excluding carboxylic acids is 1. The van der Waals surface area contributed by atoms with Crippen LogP contribution in [-0.2, 0) is 17.0 Å². The second-order valence-corrected chi connectivity index (χ2v) is 11.0. The number of rotatable bonds is 9. The molecule has 5 rings (SSSR count). The van der Waals surface area contributed by atoms with E-state index in [2.05, 4.69) is 51.3 Å². The molecule has 190 valence electrons. The van der Waals surface area contributed by atoms with E-state index in [0.717, 1.165) is 59.2 Å². The van der Waals surface area contributed by atoms with E-state index in [9.17, 15) is 4.79 Å². The number of halogens is 1. The van der Waals surface area contributed by atoms with Crippen molar-refractivity contribution < 1.29 is 4.79 Å². The topological polar surface area (TPSA) is 59.8 Å². The van der Waals surface area contributed by atoms with Crippen molar-refractivity contribution in [2.75, 3.05) is 0 Å². The molecule has 0 saturated heterocycles. The molecule has 3 aromatic carbocycles. The van der Waals surface area contributed by atoms with Crippen LogP contribution in [0.5, 0.6) is 0 Å². The highest BCUT2D eigenvalue weighted by Gasteiger charge is 2.29. The number of thioether (sulfide) groups is 1. The molecule has 0 aliphatic heterocycles. The van der Waals surface area contributed by atoms with E-state index in [0.29, 0.717) is 11.4 Å². The van der Waals surface area contributed by atoms with Crippen LogP contribution in [0.15, 0.2) is 84.0 Å². The zero-order valence-electron chi connectivity index (χ0n) is 20.9. The lowest BCUT2D eigenvalue weighted by molar-refractivity contribution is -0.125. The Kier molecular flexibility index (Phi) is 8.27. The SMILES string of the molecule is Cc1ccc(Cl)cc1-n1c(SCc2ccccc2)nnc1C(Cc1ccccc1)NC(=O)C1CCCC1. The van der Waals surface area contributed by atoms with Gasteiger partial charge in [0.2, 0.25) is 5.91 Å². The van der Waals surface area contributed by atoms with Gasteiger partial charge >= 0.3 is 0 Å². The summed E-state index contributed by atoms with van der Waals surface area (Å²) in [6.07, 6.45) is 4.74. The molecule has 1 saturated carbocycles. The molecule has 4 aromatic rings. The van der Waals surface area contributed by atoms with Gasteiger partial charge in [0.1, 0.15) is 0 Å². The van der Waals surface area contributed by atoms with E-state index in [1.165, 1.54) is 5.56 Å². The van der Waals surface area contributed by atoms with Crippen LogP contribution >= 0.6 is 23.4 Å². The molecule has 1 N–H and O–H groups in total. The number of nitrogens with one attached hydrogen (secondary N) is 1. The summed E-state index contributed by atoms with van der Waals surface area (Å²) in [6, 6.07) is 26.1. The average Bonchev–Trinajstić information content (AvgIpc) is 3.60. The van der Waals surface area contributed by atoms with Gasteiger partial charge in [-0.1, -0.05) is 103 Å². The van der Waals surface area contributed by atoms with E-state index in [-0.39, 0.29) is 17.9 Å². The van der Waals surface area contributed by atoms with Gasteiger partial charge in [-0.15, -0.1) is 10.2 Å². The van der Waals surface area contributed by atoms with Crippen molar-refractivity contribution >= 4 is 29.3 Å². The third-order valence-corrected chi connectivity index (χ3v) is 8.15. The van der Waals surface area contributed by atoms with E-state index in [4.69, 9.17) is 11.6 Å². The smallest absolute Gasteiger partial charge is 0.223 e. The lowest BCUT2D eigenvalue weighted by Crippen LogP contribution is -2.35. The van der Waals surface area contributed by atoms with E-state index >= 15 is 0 Å². The van der Waals surface area contributed by atoms with Crippen molar-refractivity contribution in [3.8, 4) is 5.69 Å². The first-order valence-corrected chi connectivity index (χ1v) is 14.2. The van der Waals surface area contributed by atoms with Gasteiger partial charge in [-0.3, -0.25) is 9.36 Å². The molecular weight excluding hydrogens is 500 g/mol. The summed E-state index contributed by atoms with van der Waals surface area (Å²) < 4.78 is 2.08. The molecule has 1 amide bonds. The van der Waals surface area contributed by atoms with Gasteiger partial charge in [-0.2, -0.15) is 0 Å². The summed E-state index contributed by atoms with van der Waals surface area (Å²) in [5.41, 5.74) is 4.33. The van der Waals surface area contributed by atoms with Crippen LogP contribution in [0.25, 0.3) is 5.69 Å². The third kappa shape index (κ3) is 6.25. The second-order valence-electron chi connectivity index (χ2n) is 9.61. The first kappa shape index (κ1) is 25.6. The van der Waals surface area contributed by atoms with Gasteiger partial charge in [0.25, 0.3) is 0 Å². The number of benzene rings is 3. The van der Waals surface area contributed by atoms with Gasteiger partial charge in [-0.25, -0.2) is 0 Å². The van der Waals surface area contributed by atoms with Crippen LogP contribution in [0.4, 0.5) is 0 Å². The predicted octanol–water partition coefficient (Wildman–Crippen LogP) is 7.11. The maximum atomic E-state index is 13.3.